The van der Waals surface area contributed by atoms with Crippen molar-refractivity contribution in [3.05, 3.63) is 12.3 Å². The Hall–Kier alpha value is -0.243. The summed E-state index contributed by atoms with van der Waals surface area (Å²) in [6, 6.07) is 0. The molecule has 1 nitrogen and oxygen atoms in total. The van der Waals surface area contributed by atoms with E-state index in [0.29, 0.717) is 5.92 Å². The summed E-state index contributed by atoms with van der Waals surface area (Å²) >= 11 is 0. The number of hydrogen-bond acceptors (Lipinski definition) is 1. The van der Waals surface area contributed by atoms with Crippen LogP contribution in [0.4, 0.5) is 0 Å². The zero-order valence-corrected chi connectivity index (χ0v) is 8.64. The molecule has 60 valence electrons. The molecular formula is C8H18OSi. The Morgan fingerprint density at radius 3 is 2.00 bits per heavy atom. The molecule has 0 aromatic rings. The normalized spacial score (nSPS) is 13.0. The topological polar surface area (TPSA) is 9.23 Å². The zero-order chi connectivity index (χ0) is 8.20. The third kappa shape index (κ3) is 7.76. The SMILES string of the molecule is CC(C)/C=C\O[Si](C)(C)C. The molecule has 0 unspecified atom stereocenters. The molecule has 0 saturated carbocycles. The first-order valence-corrected chi connectivity index (χ1v) is 7.17. The molecule has 0 amide bonds. The van der Waals surface area contributed by atoms with Crippen molar-refractivity contribution in [3.8, 4) is 0 Å². The van der Waals surface area contributed by atoms with Crippen LogP contribution in [0.5, 0.6) is 0 Å². The molecule has 0 aliphatic rings. The van der Waals surface area contributed by atoms with Crippen molar-refractivity contribution in [1.82, 2.24) is 0 Å². The van der Waals surface area contributed by atoms with E-state index in [-0.39, 0.29) is 0 Å². The molecule has 0 bridgehead atoms. The van der Waals surface area contributed by atoms with Gasteiger partial charge in [-0.1, -0.05) is 13.8 Å². The van der Waals surface area contributed by atoms with Gasteiger partial charge in [-0.05, 0) is 31.6 Å². The Morgan fingerprint density at radius 2 is 1.70 bits per heavy atom. The van der Waals surface area contributed by atoms with Crippen LogP contribution in [-0.4, -0.2) is 8.32 Å². The molecule has 0 atom stereocenters. The van der Waals surface area contributed by atoms with Gasteiger partial charge in [-0.3, -0.25) is 0 Å². The lowest BCUT2D eigenvalue weighted by Gasteiger charge is -2.14. The van der Waals surface area contributed by atoms with Crippen molar-refractivity contribution >= 4 is 8.32 Å². The van der Waals surface area contributed by atoms with E-state index in [9.17, 15) is 0 Å². The molecule has 0 aliphatic carbocycles. The molecule has 0 aliphatic heterocycles. The first kappa shape index (κ1) is 9.76. The minimum absolute atomic E-state index is 0.594. The minimum Gasteiger partial charge on any atom is -0.550 e. The highest BCUT2D eigenvalue weighted by atomic mass is 28.4. The van der Waals surface area contributed by atoms with Gasteiger partial charge in [0, 0.05) is 0 Å². The fourth-order valence-electron chi connectivity index (χ4n) is 0.401. The first-order chi connectivity index (χ1) is 4.42. The summed E-state index contributed by atoms with van der Waals surface area (Å²) in [5.74, 6) is 0.594. The standard InChI is InChI=1S/C8H18OSi/c1-8(2)6-7-9-10(3,4)5/h6-8H,1-5H3/b7-6-. The van der Waals surface area contributed by atoms with Crippen molar-refractivity contribution in [1.29, 1.82) is 0 Å². The Bertz CT molecular complexity index is 111. The lowest BCUT2D eigenvalue weighted by Crippen LogP contribution is -2.21. The summed E-state index contributed by atoms with van der Waals surface area (Å²) in [5, 5.41) is 0. The molecule has 0 aromatic heterocycles. The quantitative estimate of drug-likeness (QED) is 0.453. The first-order valence-electron chi connectivity index (χ1n) is 3.76. The summed E-state index contributed by atoms with van der Waals surface area (Å²) in [6.07, 6.45) is 3.93. The van der Waals surface area contributed by atoms with Gasteiger partial charge >= 0.3 is 0 Å². The van der Waals surface area contributed by atoms with Crippen molar-refractivity contribution in [3.63, 3.8) is 0 Å². The molecule has 10 heavy (non-hydrogen) atoms. The van der Waals surface area contributed by atoms with Crippen molar-refractivity contribution < 1.29 is 4.43 Å². The molecule has 0 saturated heterocycles. The lowest BCUT2D eigenvalue weighted by molar-refractivity contribution is 0.473. The Kier molecular flexibility index (Phi) is 3.72. The van der Waals surface area contributed by atoms with Crippen LogP contribution in [0.25, 0.3) is 0 Å². The molecule has 0 aromatic carbocycles. The Morgan fingerprint density at radius 1 is 1.20 bits per heavy atom. The van der Waals surface area contributed by atoms with Crippen LogP contribution in [0.2, 0.25) is 19.6 Å². The highest BCUT2D eigenvalue weighted by Crippen LogP contribution is 2.04. The van der Waals surface area contributed by atoms with Crippen molar-refractivity contribution in [2.45, 2.75) is 33.5 Å². The maximum Gasteiger partial charge on any atom is 0.241 e. The Labute approximate surface area is 65.2 Å². The van der Waals surface area contributed by atoms with Crippen LogP contribution < -0.4 is 0 Å². The number of hydrogen-bond donors (Lipinski definition) is 0. The monoisotopic (exact) mass is 158 g/mol. The van der Waals surface area contributed by atoms with E-state index >= 15 is 0 Å². The van der Waals surface area contributed by atoms with E-state index in [0.717, 1.165) is 0 Å². The Balaban J connectivity index is 3.54. The van der Waals surface area contributed by atoms with Crippen LogP contribution in [-0.2, 0) is 4.43 Å². The summed E-state index contributed by atoms with van der Waals surface area (Å²) < 4.78 is 5.50. The van der Waals surface area contributed by atoms with E-state index in [2.05, 4.69) is 39.6 Å². The molecule has 0 radical (unpaired) electrons. The van der Waals surface area contributed by atoms with Gasteiger partial charge in [-0.15, -0.1) is 0 Å². The fraction of sp³-hybridized carbons (Fsp3) is 0.750. The number of allylic oxidation sites excluding steroid dienone is 1. The smallest absolute Gasteiger partial charge is 0.241 e. The van der Waals surface area contributed by atoms with Gasteiger partial charge in [0.2, 0.25) is 8.32 Å². The average molecular weight is 158 g/mol. The third-order valence-corrected chi connectivity index (χ3v) is 1.73. The molecule has 0 rings (SSSR count). The van der Waals surface area contributed by atoms with Gasteiger partial charge in [-0.25, -0.2) is 0 Å². The van der Waals surface area contributed by atoms with Gasteiger partial charge in [0.15, 0.2) is 0 Å². The molecule has 0 N–H and O–H groups in total. The summed E-state index contributed by atoms with van der Waals surface area (Å²) in [4.78, 5) is 0. The van der Waals surface area contributed by atoms with Gasteiger partial charge in [0.05, 0.1) is 6.26 Å². The second-order valence-corrected chi connectivity index (χ2v) is 8.26. The number of rotatable bonds is 3. The minimum atomic E-state index is -1.31. The van der Waals surface area contributed by atoms with Crippen molar-refractivity contribution in [2.75, 3.05) is 0 Å². The fourth-order valence-corrected chi connectivity index (χ4v) is 0.887. The van der Waals surface area contributed by atoms with Crippen LogP contribution in [0.1, 0.15) is 13.8 Å². The van der Waals surface area contributed by atoms with Crippen molar-refractivity contribution in [2.24, 2.45) is 5.92 Å². The van der Waals surface area contributed by atoms with Gasteiger partial charge in [0.25, 0.3) is 0 Å². The van der Waals surface area contributed by atoms with E-state index in [1.165, 1.54) is 0 Å². The van der Waals surface area contributed by atoms with Gasteiger partial charge in [-0.2, -0.15) is 0 Å². The maximum atomic E-state index is 5.50. The predicted molar refractivity (Wildman–Crippen MR) is 48.4 cm³/mol. The van der Waals surface area contributed by atoms with Gasteiger partial charge in [0.1, 0.15) is 0 Å². The van der Waals surface area contributed by atoms with E-state index in [4.69, 9.17) is 4.43 Å². The molecule has 0 fully saturated rings. The lowest BCUT2D eigenvalue weighted by atomic mass is 10.2. The highest BCUT2D eigenvalue weighted by molar-refractivity contribution is 6.69. The second-order valence-electron chi connectivity index (χ2n) is 3.80. The van der Waals surface area contributed by atoms with Gasteiger partial charge < -0.3 is 4.43 Å². The highest BCUT2D eigenvalue weighted by Gasteiger charge is 2.12. The third-order valence-electron chi connectivity index (χ3n) is 0.885. The molecular weight excluding hydrogens is 140 g/mol. The van der Waals surface area contributed by atoms with Crippen LogP contribution in [0.3, 0.4) is 0 Å². The van der Waals surface area contributed by atoms with E-state index < -0.39 is 8.32 Å². The molecule has 2 heteroatoms. The largest absolute Gasteiger partial charge is 0.550 e. The summed E-state index contributed by atoms with van der Waals surface area (Å²) in [7, 11) is -1.31. The average Bonchev–Trinajstić information content (AvgIpc) is 1.59. The van der Waals surface area contributed by atoms with E-state index in [1.807, 2.05) is 6.26 Å². The van der Waals surface area contributed by atoms with E-state index in [1.54, 1.807) is 0 Å². The predicted octanol–water partition coefficient (Wildman–Crippen LogP) is 3.01. The second kappa shape index (κ2) is 3.81. The molecule has 0 heterocycles. The zero-order valence-electron chi connectivity index (χ0n) is 7.64. The van der Waals surface area contributed by atoms with Crippen LogP contribution in [0, 0.1) is 5.92 Å². The van der Waals surface area contributed by atoms with Crippen LogP contribution >= 0.6 is 0 Å². The molecule has 0 spiro atoms. The van der Waals surface area contributed by atoms with Crippen LogP contribution in [0.15, 0.2) is 12.3 Å². The maximum absolute atomic E-state index is 5.50. The summed E-state index contributed by atoms with van der Waals surface area (Å²) in [6.45, 7) is 10.8. The summed E-state index contributed by atoms with van der Waals surface area (Å²) in [5.41, 5.74) is 0.